The molecule has 3 rings (SSSR count). The van der Waals surface area contributed by atoms with E-state index in [1.165, 1.54) is 32.3 Å². The van der Waals surface area contributed by atoms with Gasteiger partial charge < -0.3 is 5.32 Å². The number of hydrogen-bond donors (Lipinski definition) is 1. The summed E-state index contributed by atoms with van der Waals surface area (Å²) in [6.45, 7) is 4.90. The molecule has 1 atom stereocenters. The zero-order valence-corrected chi connectivity index (χ0v) is 20.0. The zero-order chi connectivity index (χ0) is 23.5. The van der Waals surface area contributed by atoms with Crippen molar-refractivity contribution in [3.63, 3.8) is 0 Å². The fraction of sp³-hybridized carbons (Fsp3) is 0.409. The number of nitrogens with one attached hydrogen (secondary N) is 1. The highest BCUT2D eigenvalue weighted by Gasteiger charge is 2.27. The number of halogens is 2. The molecule has 0 aromatic heterocycles. The van der Waals surface area contributed by atoms with Crippen molar-refractivity contribution in [2.75, 3.05) is 45.6 Å². The number of amides is 1. The minimum Gasteiger partial charge on any atom is -0.325 e. The van der Waals surface area contributed by atoms with Crippen LogP contribution in [0.3, 0.4) is 0 Å². The Bertz CT molecular complexity index is 1050. The summed E-state index contributed by atoms with van der Waals surface area (Å²) in [5, 5.41) is 3.23. The van der Waals surface area contributed by atoms with Gasteiger partial charge in [-0.15, -0.1) is 0 Å². The lowest BCUT2D eigenvalue weighted by Crippen LogP contribution is -2.52. The van der Waals surface area contributed by atoms with Crippen LogP contribution in [0.15, 0.2) is 47.4 Å². The van der Waals surface area contributed by atoms with Crippen LogP contribution in [0.4, 0.5) is 10.1 Å². The van der Waals surface area contributed by atoms with E-state index >= 15 is 0 Å². The average molecular weight is 483 g/mol. The molecule has 7 nitrogen and oxygen atoms in total. The fourth-order valence-electron chi connectivity index (χ4n) is 3.57. The second-order valence-corrected chi connectivity index (χ2v) is 10.6. The number of rotatable bonds is 7. The molecule has 0 bridgehead atoms. The summed E-state index contributed by atoms with van der Waals surface area (Å²) >= 11 is 6.13. The molecule has 1 heterocycles. The lowest BCUT2D eigenvalue weighted by Gasteiger charge is -2.37. The summed E-state index contributed by atoms with van der Waals surface area (Å²) in [5.74, 6) is -0.527. The van der Waals surface area contributed by atoms with Crippen LogP contribution in [-0.4, -0.2) is 74.7 Å². The third-order valence-corrected chi connectivity index (χ3v) is 7.82. The van der Waals surface area contributed by atoms with Crippen molar-refractivity contribution >= 4 is 33.2 Å². The van der Waals surface area contributed by atoms with Crippen LogP contribution in [-0.2, 0) is 21.4 Å². The Hall–Kier alpha value is -2.04. The van der Waals surface area contributed by atoms with Crippen LogP contribution in [0.1, 0.15) is 12.5 Å². The van der Waals surface area contributed by atoms with Crippen molar-refractivity contribution in [3.05, 3.63) is 58.9 Å². The number of hydrogen-bond acceptors (Lipinski definition) is 5. The van der Waals surface area contributed by atoms with Crippen molar-refractivity contribution in [2.45, 2.75) is 24.4 Å². The summed E-state index contributed by atoms with van der Waals surface area (Å²) in [7, 11) is -0.663. The highest BCUT2D eigenvalue weighted by atomic mass is 35.5. The van der Waals surface area contributed by atoms with Crippen LogP contribution in [0, 0.1) is 5.82 Å². The number of sulfonamides is 1. The molecular weight excluding hydrogens is 455 g/mol. The number of piperazine rings is 1. The molecule has 0 spiro atoms. The van der Waals surface area contributed by atoms with Crippen LogP contribution < -0.4 is 5.32 Å². The summed E-state index contributed by atoms with van der Waals surface area (Å²) in [5.41, 5.74) is 0.915. The van der Waals surface area contributed by atoms with E-state index in [1.807, 2.05) is 6.92 Å². The number of nitrogens with zero attached hydrogens (tertiary/aromatic N) is 3. The lowest BCUT2D eigenvalue weighted by atomic mass is 10.1. The molecule has 1 saturated heterocycles. The van der Waals surface area contributed by atoms with Crippen molar-refractivity contribution in [3.8, 4) is 0 Å². The Kier molecular flexibility index (Phi) is 7.89. The first-order valence-corrected chi connectivity index (χ1v) is 12.1. The van der Waals surface area contributed by atoms with Gasteiger partial charge in [-0.25, -0.2) is 17.1 Å². The molecule has 0 saturated carbocycles. The minimum absolute atomic E-state index is 0.119. The van der Waals surface area contributed by atoms with Gasteiger partial charge in [-0.1, -0.05) is 23.7 Å². The monoisotopic (exact) mass is 482 g/mol. The molecule has 174 valence electrons. The Labute approximate surface area is 193 Å². The summed E-state index contributed by atoms with van der Waals surface area (Å²) in [6, 6.07) is 10.5. The van der Waals surface area contributed by atoms with Gasteiger partial charge in [0.2, 0.25) is 15.9 Å². The second kappa shape index (κ2) is 10.3. The molecule has 0 aliphatic carbocycles. The normalized spacial score (nSPS) is 16.8. The van der Waals surface area contributed by atoms with E-state index < -0.39 is 16.1 Å². The minimum atomic E-state index is -3.58. The molecule has 10 heteroatoms. The van der Waals surface area contributed by atoms with Gasteiger partial charge in [-0.2, -0.15) is 0 Å². The molecule has 1 amide bonds. The Morgan fingerprint density at radius 2 is 1.81 bits per heavy atom. The molecule has 32 heavy (non-hydrogen) atoms. The Balaban J connectivity index is 1.57. The topological polar surface area (TPSA) is 73.0 Å². The Morgan fingerprint density at radius 3 is 2.44 bits per heavy atom. The van der Waals surface area contributed by atoms with E-state index in [1.54, 1.807) is 24.3 Å². The van der Waals surface area contributed by atoms with Gasteiger partial charge in [0, 0.05) is 63.1 Å². The molecule has 1 fully saturated rings. The number of carbonyl (C=O) groups excluding carboxylic acids is 1. The van der Waals surface area contributed by atoms with Crippen LogP contribution >= 0.6 is 11.6 Å². The molecule has 1 unspecified atom stereocenters. The predicted molar refractivity (Wildman–Crippen MR) is 124 cm³/mol. The number of benzene rings is 2. The van der Waals surface area contributed by atoms with E-state index in [4.69, 9.17) is 11.6 Å². The predicted octanol–water partition coefficient (Wildman–Crippen LogP) is 2.87. The maximum Gasteiger partial charge on any atom is 0.242 e. The van der Waals surface area contributed by atoms with E-state index in [0.717, 1.165) is 4.31 Å². The molecule has 1 N–H and O–H groups in total. The van der Waals surface area contributed by atoms with Crippen molar-refractivity contribution in [2.24, 2.45) is 0 Å². The van der Waals surface area contributed by atoms with E-state index in [0.29, 0.717) is 49.0 Å². The number of anilines is 1. The average Bonchev–Trinajstić information content (AvgIpc) is 2.76. The molecular formula is C22H28ClFN4O3S. The summed E-state index contributed by atoms with van der Waals surface area (Å²) in [4.78, 5) is 17.1. The largest absolute Gasteiger partial charge is 0.325 e. The highest BCUT2D eigenvalue weighted by Crippen LogP contribution is 2.22. The van der Waals surface area contributed by atoms with Crippen LogP contribution in [0.25, 0.3) is 0 Å². The van der Waals surface area contributed by atoms with Gasteiger partial charge in [0.15, 0.2) is 0 Å². The summed E-state index contributed by atoms with van der Waals surface area (Å²) < 4.78 is 39.8. The van der Waals surface area contributed by atoms with Gasteiger partial charge >= 0.3 is 0 Å². The molecule has 2 aromatic rings. The Morgan fingerprint density at radius 1 is 1.16 bits per heavy atom. The van der Waals surface area contributed by atoms with Gasteiger partial charge in [0.1, 0.15) is 5.82 Å². The third-order valence-electron chi connectivity index (χ3n) is 5.66. The maximum atomic E-state index is 14.1. The van der Waals surface area contributed by atoms with Crippen molar-refractivity contribution in [1.82, 2.24) is 14.1 Å². The van der Waals surface area contributed by atoms with Crippen LogP contribution in [0.2, 0.25) is 5.02 Å². The quantitative estimate of drug-likeness (QED) is 0.657. The van der Waals surface area contributed by atoms with E-state index in [-0.39, 0.29) is 16.6 Å². The molecule has 1 aliphatic heterocycles. The highest BCUT2D eigenvalue weighted by molar-refractivity contribution is 7.89. The molecule has 1 aliphatic rings. The standard InChI is InChI=1S/C22H28ClFN4O3S/c1-16(22(29)25-17-6-4-7-18(14-17)32(30,31)26(2)3)28-12-10-27(11-13-28)15-19-20(23)8-5-9-21(19)24/h4-9,14,16H,10-13,15H2,1-3H3,(H,25,29). The lowest BCUT2D eigenvalue weighted by molar-refractivity contribution is -0.121. The first-order chi connectivity index (χ1) is 15.1. The van der Waals surface area contributed by atoms with Gasteiger partial charge in [0.05, 0.1) is 10.9 Å². The third kappa shape index (κ3) is 5.65. The smallest absolute Gasteiger partial charge is 0.242 e. The summed E-state index contributed by atoms with van der Waals surface area (Å²) in [6.07, 6.45) is 0. The fourth-order valence-corrected chi connectivity index (χ4v) is 4.74. The van der Waals surface area contributed by atoms with Gasteiger partial charge in [0.25, 0.3) is 0 Å². The van der Waals surface area contributed by atoms with Crippen molar-refractivity contribution < 1.29 is 17.6 Å². The van der Waals surface area contributed by atoms with E-state index in [9.17, 15) is 17.6 Å². The molecule has 2 aromatic carbocycles. The number of carbonyl (C=O) groups is 1. The first kappa shape index (κ1) is 24.6. The van der Waals surface area contributed by atoms with E-state index in [2.05, 4.69) is 15.1 Å². The van der Waals surface area contributed by atoms with Gasteiger partial charge in [-0.05, 0) is 37.3 Å². The SMILES string of the molecule is CC(C(=O)Nc1cccc(S(=O)(=O)N(C)C)c1)N1CCN(Cc2c(F)cccc2Cl)CC1. The molecule has 0 radical (unpaired) electrons. The second-order valence-electron chi connectivity index (χ2n) is 7.99. The first-order valence-electron chi connectivity index (χ1n) is 10.3. The zero-order valence-electron chi connectivity index (χ0n) is 18.4. The maximum absolute atomic E-state index is 14.1. The van der Waals surface area contributed by atoms with Crippen molar-refractivity contribution in [1.29, 1.82) is 0 Å². The van der Waals surface area contributed by atoms with Crippen LogP contribution in [0.5, 0.6) is 0 Å². The van der Waals surface area contributed by atoms with Gasteiger partial charge in [-0.3, -0.25) is 14.6 Å².